The Morgan fingerprint density at radius 2 is 1.71 bits per heavy atom. The summed E-state index contributed by atoms with van der Waals surface area (Å²) in [5.74, 6) is -1.39. The first-order chi connectivity index (χ1) is 13.4. The number of hydrogen-bond donors (Lipinski definition) is 0. The molecule has 1 unspecified atom stereocenters. The van der Waals surface area contributed by atoms with Crippen molar-refractivity contribution >= 4 is 15.9 Å². The van der Waals surface area contributed by atoms with Crippen LogP contribution in [0.25, 0.3) is 0 Å². The minimum atomic E-state index is -3.74. The summed E-state index contributed by atoms with van der Waals surface area (Å²) in [4.78, 5) is 14.8. The Morgan fingerprint density at radius 3 is 2.36 bits per heavy atom. The Labute approximate surface area is 164 Å². The van der Waals surface area contributed by atoms with Crippen LogP contribution in [0.5, 0.6) is 0 Å². The van der Waals surface area contributed by atoms with Gasteiger partial charge in [0.2, 0.25) is 15.9 Å². The van der Waals surface area contributed by atoms with Gasteiger partial charge in [-0.15, -0.1) is 0 Å². The molecule has 3 fully saturated rings. The van der Waals surface area contributed by atoms with Gasteiger partial charge in [-0.3, -0.25) is 4.79 Å². The molecule has 7 nitrogen and oxygen atoms in total. The molecule has 1 amide bonds. The maximum Gasteiger partial charge on any atom is 0.243 e. The van der Waals surface area contributed by atoms with Crippen LogP contribution in [0.2, 0.25) is 0 Å². The van der Waals surface area contributed by atoms with Crippen molar-refractivity contribution < 1.29 is 27.1 Å². The molecule has 1 atom stereocenters. The van der Waals surface area contributed by atoms with Gasteiger partial charge in [-0.05, 0) is 37.1 Å². The van der Waals surface area contributed by atoms with Gasteiger partial charge in [0.25, 0.3) is 0 Å². The first-order valence-electron chi connectivity index (χ1n) is 9.72. The van der Waals surface area contributed by atoms with Crippen molar-refractivity contribution in [1.82, 2.24) is 9.21 Å². The average molecular weight is 412 g/mol. The maximum atomic E-state index is 13.1. The molecule has 0 aromatic heterocycles. The van der Waals surface area contributed by atoms with Gasteiger partial charge in [0.1, 0.15) is 5.82 Å². The molecule has 3 saturated heterocycles. The van der Waals surface area contributed by atoms with Crippen molar-refractivity contribution in [3.8, 4) is 0 Å². The smallest absolute Gasteiger partial charge is 0.243 e. The summed E-state index contributed by atoms with van der Waals surface area (Å²) in [7, 11) is -3.74. The number of amides is 1. The number of rotatable bonds is 3. The van der Waals surface area contributed by atoms with Crippen LogP contribution in [0.15, 0.2) is 29.2 Å². The lowest BCUT2D eigenvalue weighted by atomic mass is 9.96. The molecule has 4 rings (SSSR count). The first-order valence-corrected chi connectivity index (χ1v) is 11.2. The largest absolute Gasteiger partial charge is 0.347 e. The third kappa shape index (κ3) is 3.80. The number of nitrogens with zero attached hydrogens (tertiary/aromatic N) is 2. The molecule has 28 heavy (non-hydrogen) atoms. The molecule has 0 aliphatic carbocycles. The lowest BCUT2D eigenvalue weighted by Crippen LogP contribution is -2.51. The lowest BCUT2D eigenvalue weighted by Gasteiger charge is -2.40. The molecular weight excluding hydrogens is 387 g/mol. The summed E-state index contributed by atoms with van der Waals surface area (Å²) in [6, 6.07) is 4.80. The van der Waals surface area contributed by atoms with Crippen LogP contribution >= 0.6 is 0 Å². The van der Waals surface area contributed by atoms with Crippen LogP contribution in [0.4, 0.5) is 4.39 Å². The van der Waals surface area contributed by atoms with Gasteiger partial charge in [0, 0.05) is 39.0 Å². The summed E-state index contributed by atoms with van der Waals surface area (Å²) in [6.07, 6.45) is 2.58. The lowest BCUT2D eigenvalue weighted by molar-refractivity contribution is -0.188. The highest BCUT2D eigenvalue weighted by Crippen LogP contribution is 2.33. The Hall–Kier alpha value is -1.55. The van der Waals surface area contributed by atoms with E-state index in [-0.39, 0.29) is 23.3 Å². The Morgan fingerprint density at radius 1 is 1.07 bits per heavy atom. The highest BCUT2D eigenvalue weighted by atomic mass is 32.2. The molecule has 1 aromatic rings. The van der Waals surface area contributed by atoms with Crippen LogP contribution < -0.4 is 0 Å². The van der Waals surface area contributed by atoms with Crippen LogP contribution in [0.3, 0.4) is 0 Å². The number of halogens is 1. The molecule has 9 heteroatoms. The van der Waals surface area contributed by atoms with E-state index in [1.807, 2.05) is 0 Å². The van der Waals surface area contributed by atoms with E-state index >= 15 is 0 Å². The van der Waals surface area contributed by atoms with E-state index in [9.17, 15) is 17.6 Å². The van der Waals surface area contributed by atoms with E-state index in [1.165, 1.54) is 16.4 Å². The van der Waals surface area contributed by atoms with E-state index in [2.05, 4.69) is 0 Å². The number of likely N-dealkylation sites (tertiary alicyclic amines) is 1. The minimum Gasteiger partial charge on any atom is -0.347 e. The molecule has 3 aliphatic heterocycles. The third-order valence-corrected chi connectivity index (χ3v) is 7.71. The molecular formula is C19H25FN2O5S. The molecule has 1 aromatic carbocycles. The highest BCUT2D eigenvalue weighted by molar-refractivity contribution is 7.89. The van der Waals surface area contributed by atoms with Crippen LogP contribution in [-0.4, -0.2) is 68.7 Å². The highest BCUT2D eigenvalue weighted by Gasteiger charge is 2.42. The molecule has 3 heterocycles. The zero-order chi connectivity index (χ0) is 19.8. The Bertz CT molecular complexity index is 813. The number of benzene rings is 1. The second kappa shape index (κ2) is 7.70. The standard InChI is InChI=1S/C19H25FN2O5S/c20-16-3-5-17(6-4-16)28(24,25)22-9-1-2-15(14-22)18(23)21-10-7-19(8-11-21)26-12-13-27-19/h3-6,15H,1-2,7-14H2. The fourth-order valence-electron chi connectivity index (χ4n) is 4.23. The van der Waals surface area contributed by atoms with E-state index in [4.69, 9.17) is 9.47 Å². The second-order valence-electron chi connectivity index (χ2n) is 7.59. The van der Waals surface area contributed by atoms with Crippen LogP contribution in [-0.2, 0) is 24.3 Å². The number of piperidine rings is 2. The van der Waals surface area contributed by atoms with Crippen molar-refractivity contribution in [2.75, 3.05) is 39.4 Å². The van der Waals surface area contributed by atoms with E-state index in [0.717, 1.165) is 12.1 Å². The van der Waals surface area contributed by atoms with Gasteiger partial charge in [0.05, 0.1) is 24.0 Å². The number of hydrogen-bond acceptors (Lipinski definition) is 5. The van der Waals surface area contributed by atoms with Crippen molar-refractivity contribution in [3.05, 3.63) is 30.1 Å². The second-order valence-corrected chi connectivity index (χ2v) is 9.53. The van der Waals surface area contributed by atoms with Gasteiger partial charge in [-0.2, -0.15) is 4.31 Å². The summed E-state index contributed by atoms with van der Waals surface area (Å²) >= 11 is 0. The summed E-state index contributed by atoms with van der Waals surface area (Å²) < 4.78 is 51.6. The predicted octanol–water partition coefficient (Wildman–Crippen LogP) is 1.59. The summed E-state index contributed by atoms with van der Waals surface area (Å²) in [5.41, 5.74) is 0. The van der Waals surface area contributed by atoms with Crippen molar-refractivity contribution in [1.29, 1.82) is 0 Å². The molecule has 1 spiro atoms. The van der Waals surface area contributed by atoms with Gasteiger partial charge < -0.3 is 14.4 Å². The van der Waals surface area contributed by atoms with E-state index in [0.29, 0.717) is 58.5 Å². The average Bonchev–Trinajstić information content (AvgIpc) is 3.16. The molecule has 0 radical (unpaired) electrons. The molecule has 154 valence electrons. The number of ether oxygens (including phenoxy) is 2. The predicted molar refractivity (Wildman–Crippen MR) is 98.3 cm³/mol. The number of carbonyl (C=O) groups is 1. The summed E-state index contributed by atoms with van der Waals surface area (Å²) in [5, 5.41) is 0. The van der Waals surface area contributed by atoms with Gasteiger partial charge in [0.15, 0.2) is 5.79 Å². The Balaban J connectivity index is 1.41. The molecule has 0 saturated carbocycles. The van der Waals surface area contributed by atoms with Crippen LogP contribution in [0, 0.1) is 11.7 Å². The quantitative estimate of drug-likeness (QED) is 0.754. The zero-order valence-electron chi connectivity index (χ0n) is 15.7. The van der Waals surface area contributed by atoms with Gasteiger partial charge >= 0.3 is 0 Å². The van der Waals surface area contributed by atoms with Crippen molar-refractivity contribution in [3.63, 3.8) is 0 Å². The van der Waals surface area contributed by atoms with E-state index in [1.54, 1.807) is 4.90 Å². The fraction of sp³-hybridized carbons (Fsp3) is 0.632. The number of sulfonamides is 1. The normalized spacial score (nSPS) is 25.9. The monoisotopic (exact) mass is 412 g/mol. The topological polar surface area (TPSA) is 76.2 Å². The van der Waals surface area contributed by atoms with Gasteiger partial charge in [-0.1, -0.05) is 0 Å². The van der Waals surface area contributed by atoms with E-state index < -0.39 is 21.6 Å². The Kier molecular flexibility index (Phi) is 5.43. The minimum absolute atomic E-state index is 0.00754. The van der Waals surface area contributed by atoms with Crippen LogP contribution in [0.1, 0.15) is 25.7 Å². The third-order valence-electron chi connectivity index (χ3n) is 5.84. The van der Waals surface area contributed by atoms with Crippen molar-refractivity contribution in [2.24, 2.45) is 5.92 Å². The SMILES string of the molecule is O=C(C1CCCN(S(=O)(=O)c2ccc(F)cc2)C1)N1CCC2(CC1)OCCO2. The molecule has 0 bridgehead atoms. The molecule has 0 N–H and O–H groups in total. The van der Waals surface area contributed by atoms with Crippen molar-refractivity contribution in [2.45, 2.75) is 36.4 Å². The maximum absolute atomic E-state index is 13.1. The summed E-state index contributed by atoms with van der Waals surface area (Å²) in [6.45, 7) is 2.82. The van der Waals surface area contributed by atoms with Gasteiger partial charge in [-0.25, -0.2) is 12.8 Å². The number of carbonyl (C=O) groups excluding carboxylic acids is 1. The zero-order valence-corrected chi connectivity index (χ0v) is 16.5. The fourth-order valence-corrected chi connectivity index (χ4v) is 5.75. The molecule has 3 aliphatic rings. The first kappa shape index (κ1) is 19.8.